The predicted octanol–water partition coefficient (Wildman–Crippen LogP) is -0.166. The van der Waals surface area contributed by atoms with Crippen LogP contribution < -0.4 is 5.32 Å². The third-order valence-corrected chi connectivity index (χ3v) is 4.01. The van der Waals surface area contributed by atoms with Crippen molar-refractivity contribution in [2.75, 3.05) is 30.6 Å². The van der Waals surface area contributed by atoms with Gasteiger partial charge in [-0.05, 0) is 19.4 Å². The van der Waals surface area contributed by atoms with Gasteiger partial charge in [0, 0.05) is 18.6 Å². The van der Waals surface area contributed by atoms with Gasteiger partial charge in [0.25, 0.3) is 0 Å². The lowest BCUT2D eigenvalue weighted by atomic mass is 10.2. The second-order valence-corrected chi connectivity index (χ2v) is 8.61. The molecule has 0 bridgehead atoms. The zero-order chi connectivity index (χ0) is 12.8. The zero-order valence-corrected chi connectivity index (χ0v) is 11.7. The van der Waals surface area contributed by atoms with Crippen molar-refractivity contribution in [3.63, 3.8) is 0 Å². The molecule has 0 fully saturated rings. The first-order chi connectivity index (χ1) is 7.14. The summed E-state index contributed by atoms with van der Waals surface area (Å²) >= 11 is 0. The molecule has 0 aromatic rings. The minimum absolute atomic E-state index is 0.0114. The molecular weight excluding hydrogens is 250 g/mol. The van der Waals surface area contributed by atoms with Gasteiger partial charge in [-0.1, -0.05) is 6.92 Å². The highest BCUT2D eigenvalue weighted by molar-refractivity contribution is 7.91. The minimum atomic E-state index is -3.08. The first-order valence-corrected chi connectivity index (χ1v) is 9.35. The van der Waals surface area contributed by atoms with Crippen LogP contribution in [0.4, 0.5) is 0 Å². The minimum Gasteiger partial charge on any atom is -0.313 e. The number of nitrogens with one attached hydrogen (secondary N) is 1. The van der Waals surface area contributed by atoms with Crippen LogP contribution in [0.25, 0.3) is 0 Å². The van der Waals surface area contributed by atoms with Crippen LogP contribution >= 0.6 is 0 Å². The lowest BCUT2D eigenvalue weighted by molar-refractivity contribution is 0.517. The molecule has 1 N–H and O–H groups in total. The summed E-state index contributed by atoms with van der Waals surface area (Å²) in [7, 11) is -6.11. The molecule has 0 rings (SSSR count). The molecule has 98 valence electrons. The fourth-order valence-electron chi connectivity index (χ4n) is 1.31. The average Bonchev–Trinajstić information content (AvgIpc) is 2.06. The van der Waals surface area contributed by atoms with Gasteiger partial charge in [0.2, 0.25) is 0 Å². The Bertz CT molecular complexity index is 386. The highest BCUT2D eigenvalue weighted by atomic mass is 32.2. The summed E-state index contributed by atoms with van der Waals surface area (Å²) < 4.78 is 44.3. The number of hydrogen-bond acceptors (Lipinski definition) is 5. The number of rotatable bonds is 8. The van der Waals surface area contributed by atoms with Crippen molar-refractivity contribution in [2.24, 2.45) is 0 Å². The lowest BCUT2D eigenvalue weighted by Gasteiger charge is -2.16. The third-order valence-electron chi connectivity index (χ3n) is 2.02. The van der Waals surface area contributed by atoms with Crippen LogP contribution in [0.5, 0.6) is 0 Å². The Balaban J connectivity index is 4.32. The van der Waals surface area contributed by atoms with Gasteiger partial charge in [-0.3, -0.25) is 0 Å². The fraction of sp³-hybridized carbons (Fsp3) is 1.00. The zero-order valence-electron chi connectivity index (χ0n) is 10.1. The predicted molar refractivity (Wildman–Crippen MR) is 66.1 cm³/mol. The van der Waals surface area contributed by atoms with Gasteiger partial charge in [0.1, 0.15) is 19.7 Å². The van der Waals surface area contributed by atoms with Crippen LogP contribution in [0.15, 0.2) is 0 Å². The van der Waals surface area contributed by atoms with Gasteiger partial charge < -0.3 is 5.32 Å². The van der Waals surface area contributed by atoms with E-state index in [9.17, 15) is 16.8 Å². The Labute approximate surface area is 98.5 Å². The van der Waals surface area contributed by atoms with Crippen LogP contribution in [0.3, 0.4) is 0 Å². The molecule has 16 heavy (non-hydrogen) atoms. The largest absolute Gasteiger partial charge is 0.313 e. The molecule has 0 aromatic carbocycles. The maximum atomic E-state index is 11.1. The van der Waals surface area contributed by atoms with E-state index in [2.05, 4.69) is 5.32 Å². The smallest absolute Gasteiger partial charge is 0.148 e. The Morgan fingerprint density at radius 1 is 1.06 bits per heavy atom. The summed E-state index contributed by atoms with van der Waals surface area (Å²) in [6, 6.07) is -0.273. The van der Waals surface area contributed by atoms with Crippen molar-refractivity contribution in [3.05, 3.63) is 0 Å². The van der Waals surface area contributed by atoms with Gasteiger partial charge in [-0.25, -0.2) is 16.8 Å². The first-order valence-electron chi connectivity index (χ1n) is 5.23. The van der Waals surface area contributed by atoms with E-state index in [0.29, 0.717) is 13.0 Å². The van der Waals surface area contributed by atoms with Crippen molar-refractivity contribution in [1.82, 2.24) is 5.32 Å². The van der Waals surface area contributed by atoms with Crippen LogP contribution in [0, 0.1) is 0 Å². The van der Waals surface area contributed by atoms with Gasteiger partial charge in [0.15, 0.2) is 0 Å². The molecule has 0 spiro atoms. The summed E-state index contributed by atoms with van der Waals surface area (Å²) in [5, 5.41) is 3.05. The maximum Gasteiger partial charge on any atom is 0.148 e. The van der Waals surface area contributed by atoms with Crippen molar-refractivity contribution >= 4 is 19.7 Å². The summed E-state index contributed by atoms with van der Waals surface area (Å²) in [6.45, 7) is 2.67. The molecule has 5 nitrogen and oxygen atoms in total. The second-order valence-electron chi connectivity index (χ2n) is 4.16. The van der Waals surface area contributed by atoms with E-state index in [1.165, 1.54) is 0 Å². The monoisotopic (exact) mass is 271 g/mol. The summed E-state index contributed by atoms with van der Waals surface area (Å²) in [5.74, 6) is 0.00637. The van der Waals surface area contributed by atoms with E-state index in [4.69, 9.17) is 0 Å². The number of hydrogen-bond donors (Lipinski definition) is 1. The molecule has 0 aliphatic carbocycles. The Morgan fingerprint density at radius 2 is 1.62 bits per heavy atom. The topological polar surface area (TPSA) is 80.3 Å². The van der Waals surface area contributed by atoms with E-state index < -0.39 is 19.7 Å². The normalized spacial score (nSPS) is 14.9. The number of sulfone groups is 2. The van der Waals surface area contributed by atoms with Crippen molar-refractivity contribution in [2.45, 2.75) is 25.8 Å². The van der Waals surface area contributed by atoms with Crippen LogP contribution in [-0.2, 0) is 19.7 Å². The quantitative estimate of drug-likeness (QED) is 0.663. The van der Waals surface area contributed by atoms with E-state index in [1.54, 1.807) is 0 Å². The molecule has 7 heteroatoms. The SMILES string of the molecule is CCCNC(CCS(C)(=O)=O)CS(C)(=O)=O. The molecule has 0 aliphatic heterocycles. The third kappa shape index (κ3) is 10.4. The van der Waals surface area contributed by atoms with Crippen LogP contribution in [-0.4, -0.2) is 53.4 Å². The van der Waals surface area contributed by atoms with Gasteiger partial charge in [-0.2, -0.15) is 0 Å². The van der Waals surface area contributed by atoms with Gasteiger partial charge >= 0.3 is 0 Å². The van der Waals surface area contributed by atoms with Gasteiger partial charge in [0.05, 0.1) is 11.5 Å². The highest BCUT2D eigenvalue weighted by Crippen LogP contribution is 2.00. The fourth-order valence-corrected chi connectivity index (χ4v) is 3.04. The molecular formula is C9H21NO4S2. The molecule has 0 saturated heterocycles. The van der Waals surface area contributed by atoms with Crippen molar-refractivity contribution in [3.8, 4) is 0 Å². The molecule has 1 unspecified atom stereocenters. The lowest BCUT2D eigenvalue weighted by Crippen LogP contribution is -2.37. The van der Waals surface area contributed by atoms with Crippen LogP contribution in [0.1, 0.15) is 19.8 Å². The van der Waals surface area contributed by atoms with E-state index in [1.807, 2.05) is 6.92 Å². The van der Waals surface area contributed by atoms with Crippen molar-refractivity contribution in [1.29, 1.82) is 0 Å². The van der Waals surface area contributed by atoms with Crippen molar-refractivity contribution < 1.29 is 16.8 Å². The Hall–Kier alpha value is -0.140. The summed E-state index contributed by atoms with van der Waals surface area (Å²) in [4.78, 5) is 0. The molecule has 0 radical (unpaired) electrons. The van der Waals surface area contributed by atoms with E-state index in [0.717, 1.165) is 18.9 Å². The van der Waals surface area contributed by atoms with Gasteiger partial charge in [-0.15, -0.1) is 0 Å². The average molecular weight is 271 g/mol. The second kappa shape index (κ2) is 6.56. The van der Waals surface area contributed by atoms with Crippen LogP contribution in [0.2, 0.25) is 0 Å². The van der Waals surface area contributed by atoms with E-state index in [-0.39, 0.29) is 17.5 Å². The molecule has 1 atom stereocenters. The Kier molecular flexibility index (Phi) is 6.50. The molecule has 0 amide bonds. The molecule has 0 aromatic heterocycles. The first kappa shape index (κ1) is 15.9. The molecule has 0 aliphatic rings. The Morgan fingerprint density at radius 3 is 2.00 bits per heavy atom. The highest BCUT2D eigenvalue weighted by Gasteiger charge is 2.16. The summed E-state index contributed by atoms with van der Waals surface area (Å²) in [5.41, 5.74) is 0. The van der Waals surface area contributed by atoms with E-state index >= 15 is 0 Å². The molecule has 0 heterocycles. The molecule has 0 saturated carbocycles. The standard InChI is InChI=1S/C9H21NO4S2/c1-4-6-10-9(8-16(3,13)14)5-7-15(2,11)12/h9-10H,4-8H2,1-3H3. The summed E-state index contributed by atoms with van der Waals surface area (Å²) in [6.07, 6.45) is 3.55. The maximum absolute atomic E-state index is 11.1.